The fraction of sp³-hybridized carbons (Fsp3) is 0.778. The molecule has 78 valence electrons. The van der Waals surface area contributed by atoms with E-state index in [1.165, 1.54) is 0 Å². The highest BCUT2D eigenvalue weighted by Crippen LogP contribution is 2.15. The largest absolute Gasteiger partial charge is 0.378 e. The van der Waals surface area contributed by atoms with Gasteiger partial charge in [0.2, 0.25) is 0 Å². The van der Waals surface area contributed by atoms with Gasteiger partial charge in [-0.05, 0) is 19.4 Å². The fourth-order valence-electron chi connectivity index (χ4n) is 1.69. The first kappa shape index (κ1) is 9.61. The predicted octanol–water partition coefficient (Wildman–Crippen LogP) is 0.0274. The Bertz CT molecular complexity index is 280. The van der Waals surface area contributed by atoms with Crippen molar-refractivity contribution in [3.05, 3.63) is 11.6 Å². The van der Waals surface area contributed by atoms with Crippen LogP contribution in [0.3, 0.4) is 0 Å². The second kappa shape index (κ2) is 4.52. The summed E-state index contributed by atoms with van der Waals surface area (Å²) in [5, 5.41) is 7.00. The van der Waals surface area contributed by atoms with E-state index in [9.17, 15) is 0 Å². The van der Waals surface area contributed by atoms with E-state index in [0.717, 1.165) is 43.9 Å². The van der Waals surface area contributed by atoms with Gasteiger partial charge in [0.05, 0.1) is 6.10 Å². The Labute approximate surface area is 83.1 Å². The monoisotopic (exact) mass is 196 g/mol. The highest BCUT2D eigenvalue weighted by molar-refractivity contribution is 4.93. The Balaban J connectivity index is 1.88. The van der Waals surface area contributed by atoms with Crippen LogP contribution < -0.4 is 5.73 Å². The zero-order chi connectivity index (χ0) is 9.80. The molecule has 0 bridgehead atoms. The summed E-state index contributed by atoms with van der Waals surface area (Å²) in [5.74, 6) is 1.72. The van der Waals surface area contributed by atoms with Gasteiger partial charge in [0.1, 0.15) is 5.82 Å². The number of rotatable bonds is 4. The van der Waals surface area contributed by atoms with Gasteiger partial charge in [-0.3, -0.25) is 5.10 Å². The highest BCUT2D eigenvalue weighted by Gasteiger charge is 2.17. The lowest BCUT2D eigenvalue weighted by molar-refractivity contribution is 0.110. The smallest absolute Gasteiger partial charge is 0.151 e. The van der Waals surface area contributed by atoms with Gasteiger partial charge < -0.3 is 10.5 Å². The average Bonchev–Trinajstić information content (AvgIpc) is 2.79. The van der Waals surface area contributed by atoms with E-state index >= 15 is 0 Å². The maximum atomic E-state index is 5.51. The molecule has 5 nitrogen and oxygen atoms in total. The molecular weight excluding hydrogens is 180 g/mol. The Hall–Kier alpha value is -0.940. The molecule has 1 aromatic rings. The van der Waals surface area contributed by atoms with Crippen molar-refractivity contribution < 1.29 is 4.74 Å². The summed E-state index contributed by atoms with van der Waals surface area (Å²) in [6.45, 7) is 1.48. The molecular formula is C9H16N4O. The molecule has 0 aliphatic carbocycles. The van der Waals surface area contributed by atoms with E-state index in [-0.39, 0.29) is 0 Å². The van der Waals surface area contributed by atoms with Crippen molar-refractivity contribution >= 4 is 0 Å². The number of hydrogen-bond donors (Lipinski definition) is 2. The van der Waals surface area contributed by atoms with Crippen molar-refractivity contribution in [3.63, 3.8) is 0 Å². The van der Waals surface area contributed by atoms with E-state index in [1.807, 2.05) is 0 Å². The fourth-order valence-corrected chi connectivity index (χ4v) is 1.69. The first-order valence-corrected chi connectivity index (χ1v) is 5.10. The van der Waals surface area contributed by atoms with E-state index in [4.69, 9.17) is 10.5 Å². The number of ether oxygens (including phenoxy) is 1. The van der Waals surface area contributed by atoms with Crippen molar-refractivity contribution in [3.8, 4) is 0 Å². The van der Waals surface area contributed by atoms with Gasteiger partial charge in [0, 0.05) is 19.4 Å². The molecule has 0 spiro atoms. The van der Waals surface area contributed by atoms with E-state index in [1.54, 1.807) is 0 Å². The summed E-state index contributed by atoms with van der Waals surface area (Å²) < 4.78 is 5.51. The zero-order valence-electron chi connectivity index (χ0n) is 8.20. The summed E-state index contributed by atoms with van der Waals surface area (Å²) in [5.41, 5.74) is 5.41. The Morgan fingerprint density at radius 2 is 2.50 bits per heavy atom. The lowest BCUT2D eigenvalue weighted by Crippen LogP contribution is -2.10. The number of aromatic nitrogens is 3. The maximum Gasteiger partial charge on any atom is 0.151 e. The van der Waals surface area contributed by atoms with Crippen LogP contribution in [0.15, 0.2) is 0 Å². The van der Waals surface area contributed by atoms with Crippen molar-refractivity contribution in [2.45, 2.75) is 31.8 Å². The number of nitrogens with two attached hydrogens (primary N) is 1. The third kappa shape index (κ3) is 2.30. The number of H-pyrrole nitrogens is 1. The van der Waals surface area contributed by atoms with Crippen molar-refractivity contribution in [1.82, 2.24) is 15.2 Å². The topological polar surface area (TPSA) is 76.8 Å². The Morgan fingerprint density at radius 1 is 1.57 bits per heavy atom. The summed E-state index contributed by atoms with van der Waals surface area (Å²) in [4.78, 5) is 4.34. The minimum atomic E-state index is 0.327. The average molecular weight is 196 g/mol. The molecule has 1 aromatic heterocycles. The Morgan fingerprint density at radius 3 is 3.21 bits per heavy atom. The van der Waals surface area contributed by atoms with Crippen LogP contribution in [0.1, 0.15) is 24.5 Å². The number of aromatic amines is 1. The number of nitrogens with one attached hydrogen (secondary N) is 1. The molecule has 1 aliphatic heterocycles. The summed E-state index contributed by atoms with van der Waals surface area (Å²) in [6, 6.07) is 0. The Kier molecular flexibility index (Phi) is 3.10. The normalized spacial score (nSPS) is 21.6. The number of nitrogens with zero attached hydrogens (tertiary/aromatic N) is 2. The van der Waals surface area contributed by atoms with Crippen LogP contribution in [-0.4, -0.2) is 34.4 Å². The predicted molar refractivity (Wildman–Crippen MR) is 51.8 cm³/mol. The molecule has 1 fully saturated rings. The van der Waals surface area contributed by atoms with E-state index in [2.05, 4.69) is 15.2 Å². The van der Waals surface area contributed by atoms with Crippen LogP contribution in [0.5, 0.6) is 0 Å². The minimum absolute atomic E-state index is 0.327. The van der Waals surface area contributed by atoms with Crippen LogP contribution in [0.25, 0.3) is 0 Å². The second-order valence-electron chi connectivity index (χ2n) is 3.58. The number of hydrogen-bond acceptors (Lipinski definition) is 4. The van der Waals surface area contributed by atoms with Gasteiger partial charge in [-0.1, -0.05) is 0 Å². The molecule has 3 N–H and O–H groups in total. The summed E-state index contributed by atoms with van der Waals surface area (Å²) >= 11 is 0. The van der Waals surface area contributed by atoms with Crippen molar-refractivity contribution in [1.29, 1.82) is 0 Å². The minimum Gasteiger partial charge on any atom is -0.378 e. The second-order valence-corrected chi connectivity index (χ2v) is 3.58. The lowest BCUT2D eigenvalue weighted by atomic mass is 10.2. The van der Waals surface area contributed by atoms with E-state index in [0.29, 0.717) is 12.6 Å². The summed E-state index contributed by atoms with van der Waals surface area (Å²) in [7, 11) is 0. The lowest BCUT2D eigenvalue weighted by Gasteiger charge is -2.04. The molecule has 1 unspecified atom stereocenters. The molecule has 2 heterocycles. The van der Waals surface area contributed by atoms with Gasteiger partial charge in [0.15, 0.2) is 5.82 Å². The first-order chi connectivity index (χ1) is 6.88. The van der Waals surface area contributed by atoms with Gasteiger partial charge >= 0.3 is 0 Å². The third-order valence-electron chi connectivity index (χ3n) is 2.39. The van der Waals surface area contributed by atoms with E-state index < -0.39 is 0 Å². The standard InChI is InChI=1S/C9H16N4O/c10-4-3-8-11-9(13-12-8)6-7-2-1-5-14-7/h7H,1-6,10H2,(H,11,12,13). The molecule has 14 heavy (non-hydrogen) atoms. The highest BCUT2D eigenvalue weighted by atomic mass is 16.5. The molecule has 0 amide bonds. The van der Waals surface area contributed by atoms with Crippen LogP contribution in [-0.2, 0) is 17.6 Å². The van der Waals surface area contributed by atoms with Crippen molar-refractivity contribution in [2.24, 2.45) is 5.73 Å². The molecule has 0 radical (unpaired) electrons. The van der Waals surface area contributed by atoms with Crippen LogP contribution in [0.2, 0.25) is 0 Å². The summed E-state index contributed by atoms with van der Waals surface area (Å²) in [6.07, 6.45) is 4.20. The molecule has 1 saturated heterocycles. The molecule has 1 aliphatic rings. The molecule has 2 rings (SSSR count). The molecule has 1 atom stereocenters. The van der Waals surface area contributed by atoms with Gasteiger partial charge in [-0.2, -0.15) is 5.10 Å². The molecule has 5 heteroatoms. The molecule has 0 aromatic carbocycles. The van der Waals surface area contributed by atoms with Gasteiger partial charge in [0.25, 0.3) is 0 Å². The quantitative estimate of drug-likeness (QED) is 0.712. The van der Waals surface area contributed by atoms with Crippen LogP contribution in [0, 0.1) is 0 Å². The van der Waals surface area contributed by atoms with Crippen LogP contribution in [0.4, 0.5) is 0 Å². The maximum absolute atomic E-state index is 5.51. The van der Waals surface area contributed by atoms with Crippen LogP contribution >= 0.6 is 0 Å². The molecule has 0 saturated carbocycles. The third-order valence-corrected chi connectivity index (χ3v) is 2.39. The zero-order valence-corrected chi connectivity index (χ0v) is 8.20. The van der Waals surface area contributed by atoms with Crippen molar-refractivity contribution in [2.75, 3.05) is 13.2 Å². The SMILES string of the molecule is NCCc1n[nH]c(CC2CCCO2)n1. The van der Waals surface area contributed by atoms with Gasteiger partial charge in [-0.25, -0.2) is 4.98 Å². The van der Waals surface area contributed by atoms with Gasteiger partial charge in [-0.15, -0.1) is 0 Å². The first-order valence-electron chi connectivity index (χ1n) is 5.10.